The maximum atomic E-state index is 12.3. The third-order valence-corrected chi connectivity index (χ3v) is 5.76. The van der Waals surface area contributed by atoms with Gasteiger partial charge in [0.05, 0.1) is 24.4 Å². The molecule has 1 aliphatic heterocycles. The van der Waals surface area contributed by atoms with Crippen LogP contribution in [0.2, 0.25) is 0 Å². The predicted octanol–water partition coefficient (Wildman–Crippen LogP) is 0.161. The normalized spacial score (nSPS) is 23.4. The molecule has 0 bridgehead atoms. The lowest BCUT2D eigenvalue weighted by Gasteiger charge is -2.37. The summed E-state index contributed by atoms with van der Waals surface area (Å²) in [6, 6.07) is 0. The van der Waals surface area contributed by atoms with Gasteiger partial charge in [-0.25, -0.2) is 13.4 Å². The number of carbonyl (C=O) groups excluding carboxylic acids is 1. The molecule has 22 heavy (non-hydrogen) atoms. The van der Waals surface area contributed by atoms with Crippen LogP contribution in [0.1, 0.15) is 17.6 Å². The van der Waals surface area contributed by atoms with Crippen LogP contribution in [0.15, 0.2) is 5.38 Å². The number of rotatable bonds is 5. The minimum atomic E-state index is -3.33. The molecule has 0 aliphatic carbocycles. The molecule has 2 rings (SSSR count). The van der Waals surface area contributed by atoms with Crippen molar-refractivity contribution in [2.24, 2.45) is 0 Å². The van der Waals surface area contributed by atoms with Gasteiger partial charge in [0.15, 0.2) is 5.60 Å². The number of thiazole rings is 1. The second-order valence-corrected chi connectivity index (χ2v) is 8.49. The fourth-order valence-electron chi connectivity index (χ4n) is 2.24. The Bertz CT molecular complexity index is 643. The van der Waals surface area contributed by atoms with E-state index in [1.807, 2.05) is 12.3 Å². The monoisotopic (exact) mass is 347 g/mol. The zero-order valence-electron chi connectivity index (χ0n) is 13.0. The van der Waals surface area contributed by atoms with Crippen LogP contribution in [0.4, 0.5) is 0 Å². The zero-order chi connectivity index (χ0) is 16.4. The maximum Gasteiger partial charge on any atom is 0.253 e. The van der Waals surface area contributed by atoms with Gasteiger partial charge in [0.2, 0.25) is 10.0 Å². The molecule has 1 saturated heterocycles. The molecular weight excluding hydrogens is 326 g/mol. The fourth-order valence-corrected chi connectivity index (χ4v) is 3.90. The van der Waals surface area contributed by atoms with Gasteiger partial charge in [-0.3, -0.25) is 4.79 Å². The first-order chi connectivity index (χ1) is 10.2. The summed E-state index contributed by atoms with van der Waals surface area (Å²) >= 11 is 1.56. The van der Waals surface area contributed by atoms with E-state index in [0.717, 1.165) is 17.0 Å². The van der Waals surface area contributed by atoms with Gasteiger partial charge >= 0.3 is 0 Å². The van der Waals surface area contributed by atoms with Crippen LogP contribution in [-0.2, 0) is 26.0 Å². The highest BCUT2D eigenvalue weighted by molar-refractivity contribution is 7.88. The second kappa shape index (κ2) is 6.61. The molecule has 1 aromatic heterocycles. The first-order valence-corrected chi connectivity index (χ1v) is 9.72. The molecule has 1 aliphatic rings. The van der Waals surface area contributed by atoms with Crippen molar-refractivity contribution in [3.63, 3.8) is 0 Å². The minimum absolute atomic E-state index is 0.0357. The van der Waals surface area contributed by atoms with Crippen molar-refractivity contribution in [1.82, 2.24) is 14.6 Å². The summed E-state index contributed by atoms with van der Waals surface area (Å²) in [7, 11) is -3.33. The number of aromatic nitrogens is 1. The molecule has 124 valence electrons. The van der Waals surface area contributed by atoms with Crippen molar-refractivity contribution >= 4 is 27.3 Å². The lowest BCUT2D eigenvalue weighted by atomic mass is 10.0. The summed E-state index contributed by atoms with van der Waals surface area (Å²) in [5, 5.41) is 5.73. The summed E-state index contributed by atoms with van der Waals surface area (Å²) in [6.45, 7) is 4.52. The topological polar surface area (TPSA) is 88.6 Å². The lowest BCUT2D eigenvalue weighted by Crippen LogP contribution is -2.59. The fraction of sp³-hybridized carbons (Fsp3) is 0.692. The standard InChI is InChI=1S/C13H21N3O4S2/c1-10-8-21-11(15-10)4-5-14-12(17)13(2)9-16(6-7-20-13)22(3,18)19/h8H,4-7,9H2,1-3H3,(H,14,17). The number of amides is 1. The average molecular weight is 347 g/mol. The molecule has 2 heterocycles. The average Bonchev–Trinajstić information content (AvgIpc) is 2.83. The van der Waals surface area contributed by atoms with E-state index in [2.05, 4.69) is 10.3 Å². The summed E-state index contributed by atoms with van der Waals surface area (Å²) in [4.78, 5) is 16.6. The van der Waals surface area contributed by atoms with E-state index in [4.69, 9.17) is 4.74 Å². The van der Waals surface area contributed by atoms with Crippen molar-refractivity contribution in [2.75, 3.05) is 32.5 Å². The van der Waals surface area contributed by atoms with Crippen LogP contribution in [0.25, 0.3) is 0 Å². The Labute approximate surface area is 134 Å². The Morgan fingerprint density at radius 3 is 2.91 bits per heavy atom. The van der Waals surface area contributed by atoms with Crippen molar-refractivity contribution < 1.29 is 17.9 Å². The van der Waals surface area contributed by atoms with Gasteiger partial charge in [-0.1, -0.05) is 0 Å². The van der Waals surface area contributed by atoms with E-state index < -0.39 is 15.6 Å². The van der Waals surface area contributed by atoms with Crippen molar-refractivity contribution in [3.8, 4) is 0 Å². The Kier molecular flexibility index (Phi) is 5.21. The number of hydrogen-bond acceptors (Lipinski definition) is 6. The highest BCUT2D eigenvalue weighted by Crippen LogP contribution is 2.20. The first kappa shape index (κ1) is 17.3. The predicted molar refractivity (Wildman–Crippen MR) is 84.3 cm³/mol. The van der Waals surface area contributed by atoms with Gasteiger partial charge in [-0.2, -0.15) is 4.31 Å². The number of sulfonamides is 1. The summed E-state index contributed by atoms with van der Waals surface area (Å²) in [5.41, 5.74) is -0.183. The molecular formula is C13H21N3O4S2. The number of nitrogens with zero attached hydrogens (tertiary/aromatic N) is 2. The van der Waals surface area contributed by atoms with Crippen molar-refractivity contribution in [1.29, 1.82) is 0 Å². The Morgan fingerprint density at radius 1 is 1.59 bits per heavy atom. The van der Waals surface area contributed by atoms with Crippen LogP contribution >= 0.6 is 11.3 Å². The maximum absolute atomic E-state index is 12.3. The summed E-state index contributed by atoms with van der Waals surface area (Å²) in [6.07, 6.45) is 1.79. The third kappa shape index (κ3) is 4.25. The molecule has 7 nitrogen and oxygen atoms in total. The zero-order valence-corrected chi connectivity index (χ0v) is 14.6. The molecule has 1 atom stereocenters. The van der Waals surface area contributed by atoms with Gasteiger partial charge in [0, 0.05) is 30.6 Å². The Morgan fingerprint density at radius 2 is 2.32 bits per heavy atom. The van der Waals surface area contributed by atoms with Gasteiger partial charge in [0.25, 0.3) is 5.91 Å². The molecule has 1 fully saturated rings. The van der Waals surface area contributed by atoms with Gasteiger partial charge in [-0.05, 0) is 13.8 Å². The van der Waals surface area contributed by atoms with E-state index in [9.17, 15) is 13.2 Å². The number of morpholine rings is 1. The van der Waals surface area contributed by atoms with Crippen LogP contribution < -0.4 is 5.32 Å². The van der Waals surface area contributed by atoms with Crippen LogP contribution in [0.5, 0.6) is 0 Å². The van der Waals surface area contributed by atoms with Crippen LogP contribution in [-0.4, -0.2) is 61.7 Å². The molecule has 0 spiro atoms. The molecule has 0 saturated carbocycles. The third-order valence-electron chi connectivity index (χ3n) is 3.48. The van der Waals surface area contributed by atoms with Crippen LogP contribution in [0.3, 0.4) is 0 Å². The van der Waals surface area contributed by atoms with Gasteiger partial charge in [-0.15, -0.1) is 11.3 Å². The molecule has 1 unspecified atom stereocenters. The summed E-state index contributed by atoms with van der Waals surface area (Å²) < 4.78 is 30.1. The summed E-state index contributed by atoms with van der Waals surface area (Å²) in [5.74, 6) is -0.297. The minimum Gasteiger partial charge on any atom is -0.363 e. The SMILES string of the molecule is Cc1csc(CCNC(=O)C2(C)CN(S(C)(=O)=O)CCO2)n1. The quantitative estimate of drug-likeness (QED) is 0.820. The van der Waals surface area contributed by atoms with Gasteiger partial charge in [0.1, 0.15) is 0 Å². The molecule has 0 aromatic carbocycles. The number of carbonyl (C=O) groups is 1. The van der Waals surface area contributed by atoms with Crippen molar-refractivity contribution in [2.45, 2.75) is 25.9 Å². The smallest absolute Gasteiger partial charge is 0.253 e. The number of aryl methyl sites for hydroxylation is 1. The van der Waals surface area contributed by atoms with Gasteiger partial charge < -0.3 is 10.1 Å². The highest BCUT2D eigenvalue weighted by Gasteiger charge is 2.41. The van der Waals surface area contributed by atoms with E-state index >= 15 is 0 Å². The lowest BCUT2D eigenvalue weighted by molar-refractivity contribution is -0.152. The molecule has 9 heteroatoms. The van der Waals surface area contributed by atoms with Crippen LogP contribution in [0, 0.1) is 6.92 Å². The molecule has 1 N–H and O–H groups in total. The second-order valence-electron chi connectivity index (χ2n) is 5.56. The van der Waals surface area contributed by atoms with Crippen molar-refractivity contribution in [3.05, 3.63) is 16.1 Å². The number of hydrogen-bond donors (Lipinski definition) is 1. The number of nitrogens with one attached hydrogen (secondary N) is 1. The molecule has 0 radical (unpaired) electrons. The van der Waals surface area contributed by atoms with E-state index in [1.54, 1.807) is 18.3 Å². The van der Waals surface area contributed by atoms with E-state index in [-0.39, 0.29) is 25.6 Å². The van der Waals surface area contributed by atoms with E-state index in [1.165, 1.54) is 4.31 Å². The Hall–Kier alpha value is -1.03. The number of ether oxygens (including phenoxy) is 1. The largest absolute Gasteiger partial charge is 0.363 e. The van der Waals surface area contributed by atoms with E-state index in [0.29, 0.717) is 13.0 Å². The molecule has 1 amide bonds. The first-order valence-electron chi connectivity index (χ1n) is 6.99. The Balaban J connectivity index is 1.90. The molecule has 1 aromatic rings. The highest BCUT2D eigenvalue weighted by atomic mass is 32.2.